The van der Waals surface area contributed by atoms with Crippen LogP contribution in [0.15, 0.2) is 0 Å². The third-order valence-electron chi connectivity index (χ3n) is 0. The highest BCUT2D eigenvalue weighted by Crippen LogP contribution is 2.25. The average molecular weight is 256 g/mol. The molecule has 9 N–H and O–H groups in total. The SMILES string of the molecule is NC(N)=O.O=P(O)(O)O.O=S(=O)(O)O. The lowest BCUT2D eigenvalue weighted by Crippen LogP contribution is -2.18. The van der Waals surface area contributed by atoms with Crippen molar-refractivity contribution in [3.05, 3.63) is 0 Å². The molecule has 0 saturated carbocycles. The maximum atomic E-state index is 9.00. The van der Waals surface area contributed by atoms with Gasteiger partial charge in [0.1, 0.15) is 0 Å². The van der Waals surface area contributed by atoms with Crippen LogP contribution in [0.1, 0.15) is 0 Å². The number of amides is 2. The van der Waals surface area contributed by atoms with Crippen molar-refractivity contribution in [3.63, 3.8) is 0 Å². The fraction of sp³-hybridized carbons (Fsp3) is 0. The average Bonchev–Trinajstić information content (AvgIpc) is 1.45. The van der Waals surface area contributed by atoms with Crippen LogP contribution < -0.4 is 11.5 Å². The molecular formula is CH9N2O9PS. The van der Waals surface area contributed by atoms with Crippen LogP contribution in [0.5, 0.6) is 0 Å². The molecule has 0 aliphatic heterocycles. The Bertz CT molecular complexity index is 268. The number of hydrogen-bond acceptors (Lipinski definition) is 4. The van der Waals surface area contributed by atoms with Gasteiger partial charge in [-0.05, 0) is 0 Å². The van der Waals surface area contributed by atoms with E-state index in [0.717, 1.165) is 0 Å². The van der Waals surface area contributed by atoms with Gasteiger partial charge in [-0.2, -0.15) is 8.42 Å². The van der Waals surface area contributed by atoms with E-state index in [9.17, 15) is 0 Å². The Kier molecular flexibility index (Phi) is 10.3. The maximum Gasteiger partial charge on any atom is 0.466 e. The van der Waals surface area contributed by atoms with Gasteiger partial charge >= 0.3 is 24.3 Å². The van der Waals surface area contributed by atoms with Crippen LogP contribution in [0, 0.1) is 0 Å². The normalized spacial score (nSPS) is 10.1. The van der Waals surface area contributed by atoms with Crippen molar-refractivity contribution in [1.29, 1.82) is 0 Å². The summed E-state index contributed by atoms with van der Waals surface area (Å²) < 4.78 is 40.5. The largest absolute Gasteiger partial charge is 0.466 e. The van der Waals surface area contributed by atoms with Gasteiger partial charge in [0.15, 0.2) is 0 Å². The molecule has 2 amide bonds. The lowest BCUT2D eigenvalue weighted by atomic mass is 11.2. The molecule has 88 valence electrons. The first-order chi connectivity index (χ1) is 5.73. The van der Waals surface area contributed by atoms with E-state index in [4.69, 9.17) is 41.6 Å². The summed E-state index contributed by atoms with van der Waals surface area (Å²) in [4.78, 5) is 30.6. The number of phosphoric acid groups is 1. The van der Waals surface area contributed by atoms with Crippen molar-refractivity contribution < 1.29 is 41.6 Å². The minimum absolute atomic E-state index is 0.833. The highest BCUT2D eigenvalue weighted by Gasteiger charge is 2.00. The molecule has 0 aromatic rings. The third-order valence-corrected chi connectivity index (χ3v) is 0. The molecule has 14 heavy (non-hydrogen) atoms. The second-order valence-electron chi connectivity index (χ2n) is 1.36. The Morgan fingerprint density at radius 1 is 1.07 bits per heavy atom. The summed E-state index contributed by atoms with van der Waals surface area (Å²) in [7, 11) is -9.31. The summed E-state index contributed by atoms with van der Waals surface area (Å²) in [5, 5.41) is 0. The Hall–Kier alpha value is -0.750. The van der Waals surface area contributed by atoms with Gasteiger partial charge in [-0.1, -0.05) is 0 Å². The predicted octanol–water partition coefficient (Wildman–Crippen LogP) is -2.56. The van der Waals surface area contributed by atoms with Crippen LogP contribution in [0.4, 0.5) is 4.79 Å². The Morgan fingerprint density at radius 3 is 1.07 bits per heavy atom. The molecule has 0 aliphatic carbocycles. The smallest absolute Gasteiger partial charge is 0.352 e. The first-order valence-corrected chi connectivity index (χ1v) is 5.22. The molecule has 0 aromatic carbocycles. The van der Waals surface area contributed by atoms with E-state index >= 15 is 0 Å². The Labute approximate surface area is 78.2 Å². The summed E-state index contributed by atoms with van der Waals surface area (Å²) >= 11 is 0. The van der Waals surface area contributed by atoms with Gasteiger partial charge in [0.25, 0.3) is 0 Å². The number of urea groups is 1. The van der Waals surface area contributed by atoms with Gasteiger partial charge in [-0.15, -0.1) is 0 Å². The number of hydrogen-bond donors (Lipinski definition) is 7. The van der Waals surface area contributed by atoms with Crippen LogP contribution >= 0.6 is 7.82 Å². The highest BCUT2D eigenvalue weighted by molar-refractivity contribution is 7.79. The van der Waals surface area contributed by atoms with E-state index in [1.807, 2.05) is 0 Å². The predicted molar refractivity (Wildman–Crippen MR) is 42.2 cm³/mol. The minimum Gasteiger partial charge on any atom is -0.352 e. The quantitative estimate of drug-likeness (QED) is 0.178. The second-order valence-corrected chi connectivity index (χ2v) is 3.29. The summed E-state index contributed by atoms with van der Waals surface area (Å²) in [6.07, 6.45) is 0. The van der Waals surface area contributed by atoms with E-state index in [0.29, 0.717) is 0 Å². The van der Waals surface area contributed by atoms with Gasteiger partial charge in [0.2, 0.25) is 0 Å². The summed E-state index contributed by atoms with van der Waals surface area (Å²) in [6, 6.07) is -0.833. The van der Waals surface area contributed by atoms with Crippen LogP contribution in [0.3, 0.4) is 0 Å². The van der Waals surface area contributed by atoms with Crippen molar-refractivity contribution in [2.75, 3.05) is 0 Å². The summed E-state index contributed by atoms with van der Waals surface area (Å²) in [5.74, 6) is 0. The molecule has 0 spiro atoms. The Morgan fingerprint density at radius 2 is 1.07 bits per heavy atom. The molecular weight excluding hydrogens is 247 g/mol. The first kappa shape index (κ1) is 18.9. The molecule has 0 bridgehead atoms. The van der Waals surface area contributed by atoms with Gasteiger partial charge in [0, 0.05) is 0 Å². The zero-order chi connectivity index (χ0) is 12.6. The molecule has 0 unspecified atom stereocenters. The molecule has 0 radical (unpaired) electrons. The molecule has 13 heteroatoms. The van der Waals surface area contributed by atoms with Crippen molar-refractivity contribution in [3.8, 4) is 0 Å². The number of carbonyl (C=O) groups excluding carboxylic acids is 1. The molecule has 0 fully saturated rings. The molecule has 0 aromatic heterocycles. The lowest BCUT2D eigenvalue weighted by Gasteiger charge is -1.82. The maximum absolute atomic E-state index is 9.00. The number of carbonyl (C=O) groups is 1. The van der Waals surface area contributed by atoms with E-state index < -0.39 is 24.3 Å². The molecule has 0 atom stereocenters. The van der Waals surface area contributed by atoms with Crippen molar-refractivity contribution in [2.24, 2.45) is 11.5 Å². The fourth-order valence-electron chi connectivity index (χ4n) is 0. The number of primary amides is 2. The van der Waals surface area contributed by atoms with Gasteiger partial charge in [-0.25, -0.2) is 9.36 Å². The highest BCUT2D eigenvalue weighted by atomic mass is 32.3. The summed E-state index contributed by atoms with van der Waals surface area (Å²) in [5.41, 5.74) is 8.50. The van der Waals surface area contributed by atoms with E-state index in [1.54, 1.807) is 0 Å². The second kappa shape index (κ2) is 7.64. The van der Waals surface area contributed by atoms with E-state index in [-0.39, 0.29) is 0 Å². The number of nitrogens with two attached hydrogens (primary N) is 2. The molecule has 0 rings (SSSR count). The van der Waals surface area contributed by atoms with Crippen molar-refractivity contribution in [2.45, 2.75) is 0 Å². The fourth-order valence-corrected chi connectivity index (χ4v) is 0. The number of rotatable bonds is 0. The van der Waals surface area contributed by atoms with Crippen LogP contribution in [-0.4, -0.2) is 38.2 Å². The molecule has 0 saturated heterocycles. The van der Waals surface area contributed by atoms with Crippen molar-refractivity contribution in [1.82, 2.24) is 0 Å². The molecule has 0 aliphatic rings. The van der Waals surface area contributed by atoms with E-state index in [1.165, 1.54) is 0 Å². The summed E-state index contributed by atoms with van der Waals surface area (Å²) in [6.45, 7) is 0. The van der Waals surface area contributed by atoms with Crippen LogP contribution in [-0.2, 0) is 15.0 Å². The van der Waals surface area contributed by atoms with Crippen molar-refractivity contribution >= 4 is 24.3 Å². The van der Waals surface area contributed by atoms with Gasteiger partial charge < -0.3 is 26.1 Å². The lowest BCUT2D eigenvalue weighted by molar-refractivity contribution is 0.256. The monoisotopic (exact) mass is 256 g/mol. The molecule has 0 heterocycles. The molecule has 11 nitrogen and oxygen atoms in total. The minimum atomic E-state index is -4.67. The van der Waals surface area contributed by atoms with Crippen LogP contribution in [0.25, 0.3) is 0 Å². The first-order valence-electron chi connectivity index (χ1n) is 2.26. The van der Waals surface area contributed by atoms with Gasteiger partial charge in [0.05, 0.1) is 0 Å². The van der Waals surface area contributed by atoms with E-state index in [2.05, 4.69) is 11.5 Å². The third kappa shape index (κ3) is 2100. The zero-order valence-corrected chi connectivity index (χ0v) is 8.09. The topological polar surface area (TPSA) is 221 Å². The standard InChI is InChI=1S/CH4N2O.H3O4P.H2O4S/c2-1(3)4;2*1-5(2,3)4/h(H4,2,3,4);(H3,1,2,3,4);(H2,1,2,3,4). The zero-order valence-electron chi connectivity index (χ0n) is 6.38. The van der Waals surface area contributed by atoms with Gasteiger partial charge in [-0.3, -0.25) is 9.11 Å². The van der Waals surface area contributed by atoms with Crippen LogP contribution in [0.2, 0.25) is 0 Å². The Balaban J connectivity index is -0.000000131.